The molecule has 0 amide bonds. The fourth-order valence-corrected chi connectivity index (χ4v) is 3.04. The Balaban J connectivity index is 1.88. The summed E-state index contributed by atoms with van der Waals surface area (Å²) in [7, 11) is 0. The SMILES string of the molecule is [C]1CNC2CC=CCC2C2C=CC=CC12. The molecule has 0 aromatic carbocycles. The van der Waals surface area contributed by atoms with Crippen molar-refractivity contribution in [2.45, 2.75) is 18.9 Å². The van der Waals surface area contributed by atoms with E-state index < -0.39 is 0 Å². The molecule has 0 aromatic heterocycles. The van der Waals surface area contributed by atoms with E-state index in [2.05, 4.69) is 48.2 Å². The summed E-state index contributed by atoms with van der Waals surface area (Å²) in [6.07, 6.45) is 19.7. The van der Waals surface area contributed by atoms with Gasteiger partial charge in [0.05, 0.1) is 0 Å². The summed E-state index contributed by atoms with van der Waals surface area (Å²) in [5, 5.41) is 3.61. The van der Waals surface area contributed by atoms with Crippen LogP contribution in [-0.2, 0) is 0 Å². The van der Waals surface area contributed by atoms with E-state index >= 15 is 0 Å². The zero-order valence-electron chi connectivity index (χ0n) is 8.89. The molecule has 3 rings (SSSR count). The minimum atomic E-state index is 0.531. The Hall–Kier alpha value is -0.820. The van der Waals surface area contributed by atoms with Gasteiger partial charge >= 0.3 is 0 Å². The fraction of sp³-hybridized carbons (Fsp3) is 0.500. The molecule has 1 saturated heterocycles. The van der Waals surface area contributed by atoms with Crippen LogP contribution in [0.5, 0.6) is 0 Å². The van der Waals surface area contributed by atoms with Crippen molar-refractivity contribution >= 4 is 0 Å². The van der Waals surface area contributed by atoms with Gasteiger partial charge in [-0.3, -0.25) is 0 Å². The Morgan fingerprint density at radius 3 is 2.93 bits per heavy atom. The van der Waals surface area contributed by atoms with Crippen LogP contribution in [0.15, 0.2) is 36.5 Å². The predicted molar refractivity (Wildman–Crippen MR) is 62.2 cm³/mol. The van der Waals surface area contributed by atoms with Crippen molar-refractivity contribution in [1.29, 1.82) is 0 Å². The van der Waals surface area contributed by atoms with Crippen LogP contribution >= 0.6 is 0 Å². The molecule has 1 nitrogen and oxygen atoms in total. The zero-order chi connectivity index (χ0) is 10.1. The third-order valence-electron chi connectivity index (χ3n) is 3.86. The first kappa shape index (κ1) is 9.41. The van der Waals surface area contributed by atoms with E-state index in [1.54, 1.807) is 0 Å². The highest BCUT2D eigenvalue weighted by Gasteiger charge is 2.35. The molecule has 0 spiro atoms. The number of hydrogen-bond acceptors (Lipinski definition) is 1. The lowest BCUT2D eigenvalue weighted by Gasteiger charge is -2.34. The number of hydrogen-bond donors (Lipinski definition) is 1. The van der Waals surface area contributed by atoms with E-state index in [1.807, 2.05) is 0 Å². The van der Waals surface area contributed by atoms with Crippen LogP contribution in [0.25, 0.3) is 0 Å². The minimum Gasteiger partial charge on any atom is -0.313 e. The molecule has 2 radical (unpaired) electrons. The van der Waals surface area contributed by atoms with Crippen molar-refractivity contribution in [2.24, 2.45) is 17.8 Å². The van der Waals surface area contributed by atoms with Gasteiger partial charge in [-0.2, -0.15) is 0 Å². The van der Waals surface area contributed by atoms with Gasteiger partial charge in [0.15, 0.2) is 0 Å². The highest BCUT2D eigenvalue weighted by Crippen LogP contribution is 2.37. The molecule has 78 valence electrons. The van der Waals surface area contributed by atoms with Crippen LogP contribution in [0.1, 0.15) is 12.8 Å². The smallest absolute Gasteiger partial charge is 0.0139 e. The molecule has 0 saturated carbocycles. The second-order valence-corrected chi connectivity index (χ2v) is 4.67. The number of nitrogens with one attached hydrogen (secondary N) is 1. The maximum absolute atomic E-state index is 3.61. The molecule has 15 heavy (non-hydrogen) atoms. The van der Waals surface area contributed by atoms with Gasteiger partial charge < -0.3 is 5.32 Å². The van der Waals surface area contributed by atoms with Crippen LogP contribution in [0, 0.1) is 24.2 Å². The lowest BCUT2D eigenvalue weighted by molar-refractivity contribution is 0.276. The highest BCUT2D eigenvalue weighted by molar-refractivity contribution is 5.21. The van der Waals surface area contributed by atoms with Gasteiger partial charge in [-0.15, -0.1) is 0 Å². The molecule has 2 aliphatic carbocycles. The van der Waals surface area contributed by atoms with Crippen molar-refractivity contribution in [3.63, 3.8) is 0 Å². The van der Waals surface area contributed by atoms with E-state index in [0.717, 1.165) is 12.5 Å². The van der Waals surface area contributed by atoms with E-state index in [4.69, 9.17) is 0 Å². The molecule has 0 bridgehead atoms. The molecular formula is C14H17N. The third kappa shape index (κ3) is 1.69. The molecular weight excluding hydrogens is 182 g/mol. The van der Waals surface area contributed by atoms with Crippen molar-refractivity contribution in [3.05, 3.63) is 42.9 Å². The lowest BCUT2D eigenvalue weighted by atomic mass is 9.72. The topological polar surface area (TPSA) is 12.0 Å². The first-order chi connectivity index (χ1) is 7.45. The number of rotatable bonds is 0. The summed E-state index contributed by atoms with van der Waals surface area (Å²) in [6, 6.07) is 0.661. The normalized spacial score (nSPS) is 43.2. The first-order valence-corrected chi connectivity index (χ1v) is 5.92. The van der Waals surface area contributed by atoms with Crippen molar-refractivity contribution in [1.82, 2.24) is 5.32 Å². The molecule has 1 heterocycles. The number of allylic oxidation sites excluding steroid dienone is 5. The average molecular weight is 199 g/mol. The van der Waals surface area contributed by atoms with Gasteiger partial charge in [0, 0.05) is 19.0 Å². The predicted octanol–water partition coefficient (Wildman–Crippen LogP) is 2.36. The Kier molecular flexibility index (Phi) is 2.49. The quantitative estimate of drug-likeness (QED) is 0.591. The Morgan fingerprint density at radius 1 is 1.07 bits per heavy atom. The summed E-state index contributed by atoms with van der Waals surface area (Å²) in [5.41, 5.74) is 0. The van der Waals surface area contributed by atoms with E-state index in [0.29, 0.717) is 17.9 Å². The summed E-state index contributed by atoms with van der Waals surface area (Å²) in [6.45, 7) is 0.939. The molecule has 3 aliphatic rings. The van der Waals surface area contributed by atoms with Crippen LogP contribution < -0.4 is 5.32 Å². The van der Waals surface area contributed by atoms with Crippen LogP contribution in [0.2, 0.25) is 0 Å². The van der Waals surface area contributed by atoms with Crippen molar-refractivity contribution < 1.29 is 0 Å². The third-order valence-corrected chi connectivity index (χ3v) is 3.86. The summed E-state index contributed by atoms with van der Waals surface area (Å²) < 4.78 is 0. The molecule has 1 heteroatoms. The average Bonchev–Trinajstić information content (AvgIpc) is 2.48. The summed E-state index contributed by atoms with van der Waals surface area (Å²) >= 11 is 0. The molecule has 1 fully saturated rings. The largest absolute Gasteiger partial charge is 0.313 e. The first-order valence-electron chi connectivity index (χ1n) is 5.92. The minimum absolute atomic E-state index is 0.531. The zero-order valence-corrected chi connectivity index (χ0v) is 8.89. The Labute approximate surface area is 91.9 Å². The lowest BCUT2D eigenvalue weighted by Crippen LogP contribution is -2.38. The monoisotopic (exact) mass is 199 g/mol. The van der Waals surface area contributed by atoms with Crippen molar-refractivity contribution in [3.8, 4) is 0 Å². The fourth-order valence-electron chi connectivity index (χ4n) is 3.04. The molecule has 1 aliphatic heterocycles. The van der Waals surface area contributed by atoms with E-state index in [1.165, 1.54) is 12.8 Å². The summed E-state index contributed by atoms with van der Waals surface area (Å²) in [5.74, 6) is 1.96. The van der Waals surface area contributed by atoms with E-state index in [9.17, 15) is 0 Å². The maximum atomic E-state index is 3.61. The molecule has 4 unspecified atom stereocenters. The van der Waals surface area contributed by atoms with Gasteiger partial charge in [-0.25, -0.2) is 0 Å². The van der Waals surface area contributed by atoms with Gasteiger partial charge in [-0.05, 0) is 30.6 Å². The van der Waals surface area contributed by atoms with Gasteiger partial charge in [0.25, 0.3) is 0 Å². The van der Waals surface area contributed by atoms with Gasteiger partial charge in [-0.1, -0.05) is 36.5 Å². The van der Waals surface area contributed by atoms with Crippen LogP contribution in [0.3, 0.4) is 0 Å². The van der Waals surface area contributed by atoms with Crippen LogP contribution in [0.4, 0.5) is 0 Å². The van der Waals surface area contributed by atoms with Gasteiger partial charge in [0.1, 0.15) is 0 Å². The Morgan fingerprint density at radius 2 is 1.93 bits per heavy atom. The summed E-state index contributed by atoms with van der Waals surface area (Å²) in [4.78, 5) is 0. The highest BCUT2D eigenvalue weighted by atomic mass is 14.9. The van der Waals surface area contributed by atoms with Crippen molar-refractivity contribution in [2.75, 3.05) is 6.54 Å². The molecule has 1 N–H and O–H groups in total. The Bertz CT molecular complexity index is 313. The van der Waals surface area contributed by atoms with Crippen LogP contribution in [-0.4, -0.2) is 12.6 Å². The number of fused-ring (bicyclic) bond motifs is 3. The molecule has 4 atom stereocenters. The second-order valence-electron chi connectivity index (χ2n) is 4.67. The maximum Gasteiger partial charge on any atom is 0.0139 e. The van der Waals surface area contributed by atoms with Gasteiger partial charge in [0.2, 0.25) is 0 Å². The second kappa shape index (κ2) is 3.97. The molecule has 0 aromatic rings. The standard InChI is InChI=1S/C14H17N/c1-2-6-12-11(5-1)9-10-15-14-8-4-3-7-13(12)14/h1-6,11-15H,7-8,10H2. The van der Waals surface area contributed by atoms with E-state index in [-0.39, 0.29) is 0 Å².